The Bertz CT molecular complexity index is 1140. The molecule has 31 heavy (non-hydrogen) atoms. The van der Waals surface area contributed by atoms with Crippen LogP contribution in [0.2, 0.25) is 0 Å². The highest BCUT2D eigenvalue weighted by atomic mass is 16.5. The number of phenolic OH excluding ortho intramolecular Hbond substituents is 1. The Balaban J connectivity index is 1.37. The summed E-state index contributed by atoms with van der Waals surface area (Å²) < 4.78 is 12.2. The lowest BCUT2D eigenvalue weighted by molar-refractivity contribution is 0.106. The molecule has 2 heterocycles. The molecule has 1 saturated heterocycles. The van der Waals surface area contributed by atoms with Crippen LogP contribution in [-0.2, 0) is 6.42 Å². The Labute approximate surface area is 182 Å². The molecule has 0 spiro atoms. The minimum atomic E-state index is 0.251. The molecular formula is C27H27NO3. The second-order valence-electron chi connectivity index (χ2n) is 8.23. The number of piperidine rings is 1. The molecule has 1 fully saturated rings. The number of likely N-dealkylation sites (tertiary alicyclic amines) is 1. The van der Waals surface area contributed by atoms with Crippen molar-refractivity contribution in [3.63, 3.8) is 0 Å². The molecule has 0 saturated carbocycles. The molecule has 1 N–H and O–H groups in total. The molecule has 0 bridgehead atoms. The van der Waals surface area contributed by atoms with Crippen molar-refractivity contribution in [2.45, 2.75) is 25.7 Å². The van der Waals surface area contributed by atoms with Gasteiger partial charge in [-0.1, -0.05) is 36.8 Å². The van der Waals surface area contributed by atoms with Gasteiger partial charge in [-0.2, -0.15) is 0 Å². The number of furan rings is 1. The second-order valence-corrected chi connectivity index (χ2v) is 8.23. The van der Waals surface area contributed by atoms with E-state index in [4.69, 9.17) is 9.15 Å². The molecule has 4 heteroatoms. The summed E-state index contributed by atoms with van der Waals surface area (Å²) in [7, 11) is 0. The van der Waals surface area contributed by atoms with Crippen LogP contribution in [0.1, 0.15) is 30.4 Å². The Hall–Kier alpha value is -3.24. The molecule has 0 amide bonds. The molecule has 4 nitrogen and oxygen atoms in total. The summed E-state index contributed by atoms with van der Waals surface area (Å²) in [6, 6.07) is 23.7. The lowest BCUT2D eigenvalue weighted by atomic mass is 9.98. The Morgan fingerprint density at radius 3 is 2.35 bits per heavy atom. The van der Waals surface area contributed by atoms with Crippen LogP contribution < -0.4 is 4.74 Å². The Kier molecular flexibility index (Phi) is 5.63. The van der Waals surface area contributed by atoms with Gasteiger partial charge in [0.05, 0.1) is 0 Å². The van der Waals surface area contributed by atoms with Gasteiger partial charge in [-0.05, 0) is 60.9 Å². The molecule has 3 aromatic carbocycles. The van der Waals surface area contributed by atoms with Gasteiger partial charge >= 0.3 is 0 Å². The zero-order valence-electron chi connectivity index (χ0n) is 17.6. The number of fused-ring (bicyclic) bond motifs is 1. The number of ether oxygens (including phenoxy) is 1. The fraction of sp³-hybridized carbons (Fsp3) is 0.259. The summed E-state index contributed by atoms with van der Waals surface area (Å²) in [6.45, 7) is 2.92. The van der Waals surface area contributed by atoms with Crippen LogP contribution in [-0.4, -0.2) is 29.8 Å². The van der Waals surface area contributed by atoms with Crippen LogP contribution in [0.4, 0.5) is 0 Å². The fourth-order valence-corrected chi connectivity index (χ4v) is 4.28. The summed E-state index contributed by atoms with van der Waals surface area (Å²) in [5.41, 5.74) is 4.20. The maximum atomic E-state index is 9.66. The minimum Gasteiger partial charge on any atom is -0.508 e. The van der Waals surface area contributed by atoms with Crippen molar-refractivity contribution >= 4 is 11.0 Å². The lowest BCUT2D eigenvalue weighted by Gasteiger charge is -2.26. The molecule has 0 radical (unpaired) electrons. The average Bonchev–Trinajstić information content (AvgIpc) is 3.18. The number of para-hydroxylation sites is 1. The Morgan fingerprint density at radius 1 is 0.839 bits per heavy atom. The third-order valence-electron chi connectivity index (χ3n) is 5.99. The smallest absolute Gasteiger partial charge is 0.142 e. The zero-order chi connectivity index (χ0) is 21.0. The maximum Gasteiger partial charge on any atom is 0.142 e. The first kappa shape index (κ1) is 19.7. The number of hydrogen-bond acceptors (Lipinski definition) is 4. The van der Waals surface area contributed by atoms with E-state index in [0.717, 1.165) is 53.1 Å². The average molecular weight is 414 g/mol. The van der Waals surface area contributed by atoms with Gasteiger partial charge in [0.2, 0.25) is 0 Å². The van der Waals surface area contributed by atoms with Crippen molar-refractivity contribution < 1.29 is 14.3 Å². The molecule has 5 rings (SSSR count). The molecule has 0 atom stereocenters. The van der Waals surface area contributed by atoms with E-state index in [1.165, 1.54) is 24.8 Å². The van der Waals surface area contributed by atoms with E-state index >= 15 is 0 Å². The maximum absolute atomic E-state index is 9.66. The Morgan fingerprint density at radius 2 is 1.58 bits per heavy atom. The van der Waals surface area contributed by atoms with E-state index in [2.05, 4.69) is 35.2 Å². The van der Waals surface area contributed by atoms with Crippen LogP contribution >= 0.6 is 0 Å². The molecule has 0 aliphatic carbocycles. The predicted octanol–water partition coefficient (Wildman–Crippen LogP) is 6.22. The zero-order valence-corrected chi connectivity index (χ0v) is 17.6. The topological polar surface area (TPSA) is 45.8 Å². The van der Waals surface area contributed by atoms with Gasteiger partial charge in [0.25, 0.3) is 0 Å². The van der Waals surface area contributed by atoms with E-state index < -0.39 is 0 Å². The first-order chi connectivity index (χ1) is 15.3. The highest BCUT2D eigenvalue weighted by molar-refractivity contribution is 5.88. The standard InChI is InChI=1S/C27H27NO3/c29-22-12-10-21(11-13-22)27-25(24-6-2-3-7-26(24)31-27)18-20-8-14-23(15-9-20)30-19-28-16-4-1-5-17-28/h2-3,6-15,29H,1,4-5,16-19H2. The van der Waals surface area contributed by atoms with Gasteiger partial charge in [0, 0.05) is 36.0 Å². The molecular weight excluding hydrogens is 386 g/mol. The number of hydrogen-bond donors (Lipinski definition) is 1. The summed E-state index contributed by atoms with van der Waals surface area (Å²) >= 11 is 0. The van der Waals surface area contributed by atoms with Crippen molar-refractivity contribution in [1.82, 2.24) is 4.90 Å². The summed E-state index contributed by atoms with van der Waals surface area (Å²) in [5.74, 6) is 2.01. The highest BCUT2D eigenvalue weighted by Gasteiger charge is 2.16. The molecule has 158 valence electrons. The molecule has 1 aliphatic heterocycles. The van der Waals surface area contributed by atoms with Crippen LogP contribution in [0.15, 0.2) is 77.2 Å². The number of rotatable bonds is 6. The molecule has 0 unspecified atom stereocenters. The first-order valence-electron chi connectivity index (χ1n) is 11.0. The molecule has 1 aliphatic rings. The summed E-state index contributed by atoms with van der Waals surface area (Å²) in [4.78, 5) is 2.37. The van der Waals surface area contributed by atoms with Crippen LogP contribution in [0.3, 0.4) is 0 Å². The third-order valence-corrected chi connectivity index (χ3v) is 5.99. The largest absolute Gasteiger partial charge is 0.508 e. The van der Waals surface area contributed by atoms with E-state index in [1.54, 1.807) is 12.1 Å². The quantitative estimate of drug-likeness (QED) is 0.408. The van der Waals surface area contributed by atoms with Crippen molar-refractivity contribution in [3.8, 4) is 22.8 Å². The van der Waals surface area contributed by atoms with Gasteiger partial charge in [-0.15, -0.1) is 0 Å². The number of aromatic hydroxyl groups is 1. The van der Waals surface area contributed by atoms with Gasteiger partial charge in [0.15, 0.2) is 0 Å². The van der Waals surface area contributed by atoms with Crippen molar-refractivity contribution in [3.05, 3.63) is 83.9 Å². The first-order valence-corrected chi connectivity index (χ1v) is 11.0. The van der Waals surface area contributed by atoms with Gasteiger partial charge < -0.3 is 14.3 Å². The van der Waals surface area contributed by atoms with E-state index in [-0.39, 0.29) is 5.75 Å². The van der Waals surface area contributed by atoms with Crippen molar-refractivity contribution in [2.24, 2.45) is 0 Å². The van der Waals surface area contributed by atoms with Gasteiger partial charge in [-0.3, -0.25) is 4.90 Å². The monoisotopic (exact) mass is 413 g/mol. The molecule has 1 aromatic heterocycles. The van der Waals surface area contributed by atoms with E-state index in [0.29, 0.717) is 6.73 Å². The molecule has 4 aromatic rings. The van der Waals surface area contributed by atoms with Gasteiger partial charge in [0.1, 0.15) is 29.6 Å². The number of benzene rings is 3. The van der Waals surface area contributed by atoms with Crippen molar-refractivity contribution in [1.29, 1.82) is 0 Å². The van der Waals surface area contributed by atoms with E-state index in [1.807, 2.05) is 30.3 Å². The summed E-state index contributed by atoms with van der Waals surface area (Å²) in [6.07, 6.45) is 4.63. The van der Waals surface area contributed by atoms with Crippen LogP contribution in [0, 0.1) is 0 Å². The van der Waals surface area contributed by atoms with Crippen molar-refractivity contribution in [2.75, 3.05) is 19.8 Å². The highest BCUT2D eigenvalue weighted by Crippen LogP contribution is 2.35. The van der Waals surface area contributed by atoms with Crippen LogP contribution in [0.25, 0.3) is 22.3 Å². The predicted molar refractivity (Wildman–Crippen MR) is 123 cm³/mol. The minimum absolute atomic E-state index is 0.251. The number of nitrogens with zero attached hydrogens (tertiary/aromatic N) is 1. The van der Waals surface area contributed by atoms with E-state index in [9.17, 15) is 5.11 Å². The van der Waals surface area contributed by atoms with Crippen LogP contribution in [0.5, 0.6) is 11.5 Å². The second kappa shape index (κ2) is 8.86. The SMILES string of the molecule is Oc1ccc(-c2oc3ccccc3c2Cc2ccc(OCN3CCCCC3)cc2)cc1. The number of phenols is 1. The van der Waals surface area contributed by atoms with Gasteiger partial charge in [-0.25, -0.2) is 0 Å². The lowest BCUT2D eigenvalue weighted by Crippen LogP contribution is -2.33. The normalized spacial score (nSPS) is 14.7. The third kappa shape index (κ3) is 4.44. The fourth-order valence-electron chi connectivity index (χ4n) is 4.28. The summed E-state index contributed by atoms with van der Waals surface area (Å²) in [5, 5.41) is 10.8.